The van der Waals surface area contributed by atoms with Crippen molar-refractivity contribution in [1.29, 1.82) is 0 Å². The van der Waals surface area contributed by atoms with Gasteiger partial charge in [0.25, 0.3) is 5.91 Å². The molecule has 1 amide bonds. The summed E-state index contributed by atoms with van der Waals surface area (Å²) in [5.41, 5.74) is 4.90. The average molecular weight is 396 g/mol. The quantitative estimate of drug-likeness (QED) is 0.565. The summed E-state index contributed by atoms with van der Waals surface area (Å²) < 4.78 is 0. The van der Waals surface area contributed by atoms with Crippen LogP contribution in [0.4, 0.5) is 0 Å². The van der Waals surface area contributed by atoms with Crippen molar-refractivity contribution in [2.75, 3.05) is 26.2 Å². The lowest BCUT2D eigenvalue weighted by Gasteiger charge is -2.39. The summed E-state index contributed by atoms with van der Waals surface area (Å²) in [6, 6.07) is 27.1. The number of H-pyrrole nitrogens is 1. The molecule has 150 valence electrons. The molecule has 2 aromatic heterocycles. The van der Waals surface area contributed by atoms with Crippen molar-refractivity contribution < 1.29 is 4.79 Å². The number of benzene rings is 2. The highest BCUT2D eigenvalue weighted by Crippen LogP contribution is 2.29. The van der Waals surface area contributed by atoms with E-state index in [0.29, 0.717) is 18.8 Å². The molecule has 5 heteroatoms. The van der Waals surface area contributed by atoms with E-state index in [9.17, 15) is 4.79 Å². The molecule has 30 heavy (non-hydrogen) atoms. The number of piperazine rings is 1. The molecule has 0 saturated carbocycles. The Morgan fingerprint density at radius 1 is 0.833 bits per heavy atom. The number of nitrogens with zero attached hydrogens (tertiary/aromatic N) is 3. The first-order valence-corrected chi connectivity index (χ1v) is 10.4. The Morgan fingerprint density at radius 2 is 1.47 bits per heavy atom. The SMILES string of the molecule is O=C(c1cc2ncccc2[nH]1)N1CCN(C(c2ccccc2)c2ccccc2)CC1. The van der Waals surface area contributed by atoms with Crippen LogP contribution >= 0.6 is 0 Å². The van der Waals surface area contributed by atoms with Crippen LogP contribution in [0, 0.1) is 0 Å². The minimum absolute atomic E-state index is 0.0450. The van der Waals surface area contributed by atoms with Gasteiger partial charge in [-0.2, -0.15) is 0 Å². The van der Waals surface area contributed by atoms with Crippen molar-refractivity contribution in [3.8, 4) is 0 Å². The van der Waals surface area contributed by atoms with E-state index in [1.165, 1.54) is 11.1 Å². The van der Waals surface area contributed by atoms with Crippen molar-refractivity contribution in [3.63, 3.8) is 0 Å². The molecular weight excluding hydrogens is 372 g/mol. The number of fused-ring (bicyclic) bond motifs is 1. The molecule has 0 unspecified atom stereocenters. The van der Waals surface area contributed by atoms with Crippen LogP contribution in [-0.4, -0.2) is 51.9 Å². The molecule has 4 aromatic rings. The van der Waals surface area contributed by atoms with E-state index >= 15 is 0 Å². The number of carbonyl (C=O) groups is 1. The third-order valence-corrected chi connectivity index (χ3v) is 5.82. The second-order valence-corrected chi connectivity index (χ2v) is 7.67. The minimum atomic E-state index is 0.0450. The molecule has 5 rings (SSSR count). The van der Waals surface area contributed by atoms with Crippen LogP contribution in [0.2, 0.25) is 0 Å². The molecule has 0 spiro atoms. The summed E-state index contributed by atoms with van der Waals surface area (Å²) in [4.78, 5) is 25.0. The largest absolute Gasteiger partial charge is 0.349 e. The number of aromatic nitrogens is 2. The zero-order valence-corrected chi connectivity index (χ0v) is 16.7. The van der Waals surface area contributed by atoms with E-state index < -0.39 is 0 Å². The van der Waals surface area contributed by atoms with Crippen LogP contribution in [0.15, 0.2) is 85.1 Å². The summed E-state index contributed by atoms with van der Waals surface area (Å²) in [6.45, 7) is 3.08. The van der Waals surface area contributed by atoms with Gasteiger partial charge in [0.05, 0.1) is 17.1 Å². The lowest BCUT2D eigenvalue weighted by molar-refractivity contribution is 0.0592. The number of hydrogen-bond donors (Lipinski definition) is 1. The molecule has 1 N–H and O–H groups in total. The van der Waals surface area contributed by atoms with Crippen LogP contribution in [0.3, 0.4) is 0 Å². The number of aromatic amines is 1. The van der Waals surface area contributed by atoms with Gasteiger partial charge in [-0.25, -0.2) is 0 Å². The second kappa shape index (κ2) is 8.13. The maximum atomic E-state index is 13.0. The summed E-state index contributed by atoms with van der Waals surface area (Å²) in [7, 11) is 0. The Balaban J connectivity index is 1.34. The van der Waals surface area contributed by atoms with E-state index in [4.69, 9.17) is 0 Å². The number of nitrogens with one attached hydrogen (secondary N) is 1. The Bertz CT molecular complexity index is 1060. The lowest BCUT2D eigenvalue weighted by atomic mass is 9.96. The van der Waals surface area contributed by atoms with E-state index in [1.54, 1.807) is 6.20 Å². The number of pyridine rings is 1. The Kier molecular flexibility index (Phi) is 5.03. The van der Waals surface area contributed by atoms with Crippen molar-refractivity contribution >= 4 is 16.9 Å². The van der Waals surface area contributed by atoms with Crippen LogP contribution in [0.5, 0.6) is 0 Å². The van der Waals surface area contributed by atoms with Crippen molar-refractivity contribution in [3.05, 3.63) is 102 Å². The molecule has 1 fully saturated rings. The third kappa shape index (κ3) is 3.60. The maximum Gasteiger partial charge on any atom is 0.270 e. The number of rotatable bonds is 4. The Labute approximate surface area is 176 Å². The Morgan fingerprint density at radius 3 is 2.07 bits per heavy atom. The fourth-order valence-corrected chi connectivity index (χ4v) is 4.31. The van der Waals surface area contributed by atoms with E-state index in [0.717, 1.165) is 24.1 Å². The highest BCUT2D eigenvalue weighted by Gasteiger charge is 2.29. The molecule has 3 heterocycles. The second-order valence-electron chi connectivity index (χ2n) is 7.67. The number of amides is 1. The molecule has 2 aromatic carbocycles. The zero-order valence-electron chi connectivity index (χ0n) is 16.7. The molecule has 1 aliphatic rings. The molecular formula is C25H24N4O. The van der Waals surface area contributed by atoms with Gasteiger partial charge in [-0.1, -0.05) is 60.7 Å². The molecule has 1 aliphatic heterocycles. The molecule has 0 radical (unpaired) electrons. The Hall–Kier alpha value is -3.44. The smallest absolute Gasteiger partial charge is 0.270 e. The third-order valence-electron chi connectivity index (χ3n) is 5.82. The van der Waals surface area contributed by atoms with E-state index in [-0.39, 0.29) is 11.9 Å². The summed E-state index contributed by atoms with van der Waals surface area (Å²) >= 11 is 0. The van der Waals surface area contributed by atoms with Gasteiger partial charge in [-0.15, -0.1) is 0 Å². The van der Waals surface area contributed by atoms with Gasteiger partial charge in [0.15, 0.2) is 0 Å². The maximum absolute atomic E-state index is 13.0. The van der Waals surface area contributed by atoms with Crippen molar-refractivity contribution in [1.82, 2.24) is 19.8 Å². The van der Waals surface area contributed by atoms with Crippen molar-refractivity contribution in [2.24, 2.45) is 0 Å². The number of carbonyl (C=O) groups excluding carboxylic acids is 1. The zero-order chi connectivity index (χ0) is 20.3. The summed E-state index contributed by atoms with van der Waals surface area (Å²) in [6.07, 6.45) is 1.75. The fourth-order valence-electron chi connectivity index (χ4n) is 4.31. The van der Waals surface area contributed by atoms with Gasteiger partial charge in [0.2, 0.25) is 0 Å². The fraction of sp³-hybridized carbons (Fsp3) is 0.200. The van der Waals surface area contributed by atoms with Crippen LogP contribution < -0.4 is 0 Å². The topological polar surface area (TPSA) is 52.2 Å². The minimum Gasteiger partial charge on any atom is -0.349 e. The monoisotopic (exact) mass is 396 g/mol. The molecule has 1 saturated heterocycles. The molecule has 5 nitrogen and oxygen atoms in total. The first kappa shape index (κ1) is 18.6. The highest BCUT2D eigenvalue weighted by atomic mass is 16.2. The van der Waals surface area contributed by atoms with E-state index in [2.05, 4.69) is 75.5 Å². The predicted molar refractivity (Wildman–Crippen MR) is 118 cm³/mol. The number of hydrogen-bond acceptors (Lipinski definition) is 3. The first-order valence-electron chi connectivity index (χ1n) is 10.4. The summed E-state index contributed by atoms with van der Waals surface area (Å²) in [5, 5.41) is 0. The van der Waals surface area contributed by atoms with Gasteiger partial charge in [0, 0.05) is 32.4 Å². The van der Waals surface area contributed by atoms with E-state index in [1.807, 2.05) is 23.1 Å². The van der Waals surface area contributed by atoms with Gasteiger partial charge >= 0.3 is 0 Å². The van der Waals surface area contributed by atoms with Gasteiger partial charge < -0.3 is 9.88 Å². The highest BCUT2D eigenvalue weighted by molar-refractivity contribution is 5.97. The van der Waals surface area contributed by atoms with Crippen molar-refractivity contribution in [2.45, 2.75) is 6.04 Å². The van der Waals surface area contributed by atoms with Gasteiger partial charge in [0.1, 0.15) is 5.69 Å². The molecule has 0 aliphatic carbocycles. The first-order chi connectivity index (χ1) is 14.8. The standard InChI is InChI=1S/C25H24N4O/c30-25(23-18-22-21(27-23)12-7-13-26-22)29-16-14-28(15-17-29)24(19-8-3-1-4-9-19)20-10-5-2-6-11-20/h1-13,18,24,27H,14-17H2. The molecule has 0 bridgehead atoms. The predicted octanol–water partition coefficient (Wildman–Crippen LogP) is 4.11. The average Bonchev–Trinajstić information content (AvgIpc) is 3.25. The van der Waals surface area contributed by atoms with Crippen LogP contribution in [0.1, 0.15) is 27.7 Å². The normalized spacial score (nSPS) is 15.0. The lowest BCUT2D eigenvalue weighted by Crippen LogP contribution is -2.50. The van der Waals surface area contributed by atoms with Crippen LogP contribution in [0.25, 0.3) is 11.0 Å². The van der Waals surface area contributed by atoms with Crippen LogP contribution in [-0.2, 0) is 0 Å². The van der Waals surface area contributed by atoms with Gasteiger partial charge in [-0.05, 0) is 29.3 Å². The summed E-state index contributed by atoms with van der Waals surface area (Å²) in [5.74, 6) is 0.0450. The molecule has 0 atom stereocenters. The van der Waals surface area contributed by atoms with Gasteiger partial charge in [-0.3, -0.25) is 14.7 Å².